The van der Waals surface area contributed by atoms with Crippen LogP contribution in [0.15, 0.2) is 6.07 Å². The topological polar surface area (TPSA) is 29.1 Å². The smallest absolute Gasteiger partial charge is 0.261 e. The van der Waals surface area contributed by atoms with Gasteiger partial charge in [0.15, 0.2) is 0 Å². The van der Waals surface area contributed by atoms with Crippen LogP contribution in [0.4, 0.5) is 0 Å². The molecule has 0 unspecified atom stereocenters. The molecule has 1 aromatic heterocycles. The molecule has 0 saturated heterocycles. The Hall–Kier alpha value is -0.100. The second kappa shape index (κ2) is 6.73. The summed E-state index contributed by atoms with van der Waals surface area (Å²) in [6.45, 7) is 0.796. The fourth-order valence-corrected chi connectivity index (χ4v) is 3.69. The molecular weight excluding hydrogens is 345 g/mol. The van der Waals surface area contributed by atoms with Gasteiger partial charge >= 0.3 is 0 Å². The SMILES string of the molecule is O=C(NCCCI)c1cc2c(s1)CCCCC2. The summed E-state index contributed by atoms with van der Waals surface area (Å²) in [7, 11) is 0. The number of nitrogens with one attached hydrogen (secondary N) is 1. The zero-order chi connectivity index (χ0) is 12.1. The summed E-state index contributed by atoms with van der Waals surface area (Å²) in [6.07, 6.45) is 7.27. The summed E-state index contributed by atoms with van der Waals surface area (Å²) >= 11 is 4.04. The van der Waals surface area contributed by atoms with E-state index in [1.807, 2.05) is 0 Å². The molecule has 1 aliphatic rings. The number of thiophene rings is 1. The molecule has 0 atom stereocenters. The predicted octanol–water partition coefficient (Wildman–Crippen LogP) is 3.57. The fourth-order valence-electron chi connectivity index (χ4n) is 2.14. The van der Waals surface area contributed by atoms with Gasteiger partial charge in [0.2, 0.25) is 0 Å². The molecule has 1 amide bonds. The Morgan fingerprint density at radius 2 is 2.18 bits per heavy atom. The number of amides is 1. The summed E-state index contributed by atoms with van der Waals surface area (Å²) in [5.41, 5.74) is 1.42. The van der Waals surface area contributed by atoms with E-state index in [1.165, 1.54) is 36.1 Å². The minimum Gasteiger partial charge on any atom is -0.351 e. The molecule has 1 aliphatic carbocycles. The Kier molecular flexibility index (Phi) is 5.28. The lowest BCUT2D eigenvalue weighted by Crippen LogP contribution is -2.23. The number of aryl methyl sites for hydroxylation is 2. The Morgan fingerprint density at radius 3 is 3.00 bits per heavy atom. The van der Waals surface area contributed by atoms with Crippen molar-refractivity contribution in [3.8, 4) is 0 Å². The second-order valence-corrected chi connectivity index (χ2v) is 6.63. The van der Waals surface area contributed by atoms with Crippen LogP contribution in [0.5, 0.6) is 0 Å². The lowest BCUT2D eigenvalue weighted by atomic mass is 10.1. The van der Waals surface area contributed by atoms with Crippen molar-refractivity contribution in [3.05, 3.63) is 21.4 Å². The van der Waals surface area contributed by atoms with Crippen LogP contribution in [0.1, 0.15) is 45.8 Å². The lowest BCUT2D eigenvalue weighted by molar-refractivity contribution is 0.0958. The number of hydrogen-bond donors (Lipinski definition) is 1. The van der Waals surface area contributed by atoms with E-state index in [0.717, 1.165) is 28.7 Å². The first-order valence-electron chi connectivity index (χ1n) is 6.27. The van der Waals surface area contributed by atoms with Crippen LogP contribution in [0.25, 0.3) is 0 Å². The first-order chi connectivity index (χ1) is 8.31. The number of carbonyl (C=O) groups is 1. The average molecular weight is 363 g/mol. The highest BCUT2D eigenvalue weighted by atomic mass is 127. The number of carbonyl (C=O) groups excluding carboxylic acids is 1. The van der Waals surface area contributed by atoms with E-state index in [0.29, 0.717) is 0 Å². The molecule has 4 heteroatoms. The molecule has 2 nitrogen and oxygen atoms in total. The molecule has 2 rings (SSSR count). The highest BCUT2D eigenvalue weighted by molar-refractivity contribution is 14.1. The van der Waals surface area contributed by atoms with Gasteiger partial charge in [0, 0.05) is 15.8 Å². The Balaban J connectivity index is 1.99. The number of hydrogen-bond acceptors (Lipinski definition) is 2. The molecule has 94 valence electrons. The van der Waals surface area contributed by atoms with Crippen molar-refractivity contribution in [2.75, 3.05) is 11.0 Å². The molecule has 0 aromatic carbocycles. The van der Waals surface area contributed by atoms with Gasteiger partial charge in [-0.15, -0.1) is 11.3 Å². The number of rotatable bonds is 4. The summed E-state index contributed by atoms with van der Waals surface area (Å²) in [5.74, 6) is 0.118. The van der Waals surface area contributed by atoms with E-state index >= 15 is 0 Å². The van der Waals surface area contributed by atoms with Crippen LogP contribution < -0.4 is 5.32 Å². The van der Waals surface area contributed by atoms with E-state index < -0.39 is 0 Å². The number of alkyl halides is 1. The van der Waals surface area contributed by atoms with E-state index in [9.17, 15) is 4.79 Å². The number of fused-ring (bicyclic) bond motifs is 1. The summed E-state index contributed by atoms with van der Waals surface area (Å²) in [6, 6.07) is 2.12. The normalized spacial score (nSPS) is 15.1. The second-order valence-electron chi connectivity index (χ2n) is 4.42. The maximum atomic E-state index is 11.9. The average Bonchev–Trinajstić information content (AvgIpc) is 2.61. The highest BCUT2D eigenvalue weighted by Gasteiger charge is 2.15. The minimum atomic E-state index is 0.118. The first-order valence-corrected chi connectivity index (χ1v) is 8.61. The summed E-state index contributed by atoms with van der Waals surface area (Å²) < 4.78 is 1.10. The van der Waals surface area contributed by atoms with Crippen molar-refractivity contribution in [1.82, 2.24) is 5.32 Å². The van der Waals surface area contributed by atoms with Crippen LogP contribution in [0, 0.1) is 0 Å². The van der Waals surface area contributed by atoms with Gasteiger partial charge in [-0.2, -0.15) is 0 Å². The fraction of sp³-hybridized carbons (Fsp3) is 0.615. The van der Waals surface area contributed by atoms with Gasteiger partial charge in [-0.3, -0.25) is 4.79 Å². The molecule has 0 saturated carbocycles. The third-order valence-electron chi connectivity index (χ3n) is 3.07. The largest absolute Gasteiger partial charge is 0.351 e. The van der Waals surface area contributed by atoms with Crippen LogP contribution in [0.2, 0.25) is 0 Å². The summed E-state index contributed by atoms with van der Waals surface area (Å²) in [5, 5.41) is 2.99. The van der Waals surface area contributed by atoms with Gasteiger partial charge in [0.1, 0.15) is 0 Å². The van der Waals surface area contributed by atoms with Crippen molar-refractivity contribution in [1.29, 1.82) is 0 Å². The standard InChI is InChI=1S/C13H18INOS/c14-7-4-8-15-13(16)12-9-10-5-2-1-3-6-11(10)17-12/h9H,1-8H2,(H,15,16). The van der Waals surface area contributed by atoms with Crippen LogP contribution in [-0.4, -0.2) is 16.9 Å². The van der Waals surface area contributed by atoms with Crippen molar-refractivity contribution in [2.45, 2.75) is 38.5 Å². The maximum absolute atomic E-state index is 11.9. The van der Waals surface area contributed by atoms with Crippen LogP contribution >= 0.6 is 33.9 Å². The van der Waals surface area contributed by atoms with Crippen LogP contribution in [-0.2, 0) is 12.8 Å². The molecule has 1 aromatic rings. The van der Waals surface area contributed by atoms with Crippen molar-refractivity contribution >= 4 is 39.8 Å². The zero-order valence-corrected chi connectivity index (χ0v) is 12.9. The molecule has 17 heavy (non-hydrogen) atoms. The Labute approximate surface area is 120 Å². The van der Waals surface area contributed by atoms with Crippen molar-refractivity contribution in [2.24, 2.45) is 0 Å². The van der Waals surface area contributed by atoms with Crippen LogP contribution in [0.3, 0.4) is 0 Å². The number of halogens is 1. The molecule has 0 fully saturated rings. The van der Waals surface area contributed by atoms with Crippen molar-refractivity contribution in [3.63, 3.8) is 0 Å². The Bertz CT molecular complexity index is 365. The zero-order valence-electron chi connectivity index (χ0n) is 9.93. The monoisotopic (exact) mass is 363 g/mol. The predicted molar refractivity (Wildman–Crippen MR) is 81.4 cm³/mol. The van der Waals surface area contributed by atoms with E-state index in [4.69, 9.17) is 0 Å². The molecule has 1 N–H and O–H groups in total. The van der Waals surface area contributed by atoms with Gasteiger partial charge in [-0.1, -0.05) is 29.0 Å². The van der Waals surface area contributed by atoms with E-state index in [1.54, 1.807) is 11.3 Å². The summed E-state index contributed by atoms with van der Waals surface area (Å²) in [4.78, 5) is 14.3. The maximum Gasteiger partial charge on any atom is 0.261 e. The van der Waals surface area contributed by atoms with E-state index in [-0.39, 0.29) is 5.91 Å². The molecular formula is C13H18INOS. The van der Waals surface area contributed by atoms with Gasteiger partial charge in [-0.25, -0.2) is 0 Å². The molecule has 0 bridgehead atoms. The molecule has 1 heterocycles. The quantitative estimate of drug-likeness (QED) is 0.377. The van der Waals surface area contributed by atoms with E-state index in [2.05, 4.69) is 34.0 Å². The van der Waals surface area contributed by atoms with Gasteiger partial charge in [-0.05, 0) is 43.7 Å². The van der Waals surface area contributed by atoms with Gasteiger partial charge in [0.25, 0.3) is 5.91 Å². The Morgan fingerprint density at radius 1 is 1.35 bits per heavy atom. The minimum absolute atomic E-state index is 0.118. The highest BCUT2D eigenvalue weighted by Crippen LogP contribution is 2.28. The first kappa shape index (κ1) is 13.3. The third kappa shape index (κ3) is 3.68. The third-order valence-corrected chi connectivity index (χ3v) is 5.07. The van der Waals surface area contributed by atoms with Gasteiger partial charge < -0.3 is 5.32 Å². The lowest BCUT2D eigenvalue weighted by Gasteiger charge is -2.00. The van der Waals surface area contributed by atoms with Gasteiger partial charge in [0.05, 0.1) is 4.88 Å². The molecule has 0 spiro atoms. The molecule has 0 aliphatic heterocycles. The van der Waals surface area contributed by atoms with Crippen molar-refractivity contribution < 1.29 is 4.79 Å². The molecule has 0 radical (unpaired) electrons.